The molecule has 1 unspecified atom stereocenters. The van der Waals surface area contributed by atoms with Gasteiger partial charge in [-0.05, 0) is 31.1 Å². The lowest BCUT2D eigenvalue weighted by molar-refractivity contribution is -0.397. The summed E-state index contributed by atoms with van der Waals surface area (Å²) in [4.78, 5) is 25.2. The first-order valence-corrected chi connectivity index (χ1v) is 13.3. The van der Waals surface area contributed by atoms with Gasteiger partial charge in [-0.25, -0.2) is 0 Å². The second-order valence-corrected chi connectivity index (χ2v) is 12.4. The van der Waals surface area contributed by atoms with Crippen LogP contribution in [-0.4, -0.2) is 77.6 Å². The zero-order valence-electron chi connectivity index (χ0n) is 21.5. The molecule has 2 spiro atoms. The summed E-state index contributed by atoms with van der Waals surface area (Å²) >= 11 is 0. The average molecular weight is 511 g/mol. The van der Waals surface area contributed by atoms with Crippen molar-refractivity contribution in [3.8, 4) is 0 Å². The number of ether oxygens (including phenoxy) is 6. The fourth-order valence-electron chi connectivity index (χ4n) is 8.39. The van der Waals surface area contributed by atoms with Crippen LogP contribution in [0.5, 0.6) is 0 Å². The predicted octanol–water partition coefficient (Wildman–Crippen LogP) is 1.49. The van der Waals surface area contributed by atoms with E-state index in [0.717, 1.165) is 6.42 Å². The van der Waals surface area contributed by atoms with Crippen LogP contribution in [0.2, 0.25) is 0 Å². The van der Waals surface area contributed by atoms with Crippen LogP contribution in [0.3, 0.4) is 0 Å². The molecule has 5 saturated heterocycles. The van der Waals surface area contributed by atoms with Gasteiger partial charge in [0, 0.05) is 24.7 Å². The Labute approximate surface area is 210 Å². The summed E-state index contributed by atoms with van der Waals surface area (Å²) in [5.74, 6) is -1.26. The molecule has 5 aliphatic heterocycles. The second kappa shape index (κ2) is 8.10. The molecule has 13 atom stereocenters. The van der Waals surface area contributed by atoms with Crippen LogP contribution in [0.1, 0.15) is 60.3 Å². The van der Waals surface area contributed by atoms with Crippen molar-refractivity contribution in [2.75, 3.05) is 6.61 Å². The molecule has 0 radical (unpaired) electrons. The minimum Gasteiger partial charge on any atom is -0.462 e. The summed E-state index contributed by atoms with van der Waals surface area (Å²) in [7, 11) is 0. The number of carbonyl (C=O) groups is 2. The summed E-state index contributed by atoms with van der Waals surface area (Å²) in [5.41, 5.74) is -2.58. The molecule has 2 aliphatic carbocycles. The Morgan fingerprint density at radius 2 is 1.75 bits per heavy atom. The van der Waals surface area contributed by atoms with E-state index in [4.69, 9.17) is 28.4 Å². The zero-order chi connectivity index (χ0) is 25.8. The molecule has 7 rings (SSSR count). The Hall–Kier alpha value is -1.30. The smallest absolute Gasteiger partial charge is 0.310 e. The molecule has 0 aromatic rings. The summed E-state index contributed by atoms with van der Waals surface area (Å²) in [5, 5.41) is 21.3. The fourth-order valence-corrected chi connectivity index (χ4v) is 8.39. The van der Waals surface area contributed by atoms with Gasteiger partial charge < -0.3 is 38.6 Å². The molecule has 2 saturated carbocycles. The molecule has 2 bridgehead atoms. The van der Waals surface area contributed by atoms with E-state index >= 15 is 0 Å². The number of carbonyl (C=O) groups excluding carboxylic acids is 2. The van der Waals surface area contributed by atoms with Crippen LogP contribution in [0.15, 0.2) is 0 Å². The first-order valence-electron chi connectivity index (χ1n) is 13.3. The third kappa shape index (κ3) is 3.12. The van der Waals surface area contributed by atoms with E-state index < -0.39 is 65.6 Å². The maximum absolute atomic E-state index is 12.9. The SMILES string of the molecule is CC(=O)O[C@H]1C[C@@H](C)[C@](C)([C@@H]2C[C@H]3C[C@H](O)O[C@H]3O2)[C@H]2C[C@H]3OC(OC(=O)C(C)C)[C@@]12[C@@]1(CO1)[C@H]3O. The quantitative estimate of drug-likeness (QED) is 0.423. The van der Waals surface area contributed by atoms with Crippen LogP contribution in [0, 0.1) is 34.5 Å². The lowest BCUT2D eigenvalue weighted by atomic mass is 9.40. The Kier molecular flexibility index (Phi) is 5.63. The summed E-state index contributed by atoms with van der Waals surface area (Å²) < 4.78 is 36.5. The Morgan fingerprint density at radius 1 is 1.03 bits per heavy atom. The number of hydrogen-bond donors (Lipinski definition) is 2. The van der Waals surface area contributed by atoms with Crippen LogP contribution in [0.25, 0.3) is 0 Å². The fraction of sp³-hybridized carbons (Fsp3) is 0.923. The highest BCUT2D eigenvalue weighted by molar-refractivity contribution is 5.72. The maximum Gasteiger partial charge on any atom is 0.310 e. The highest BCUT2D eigenvalue weighted by atomic mass is 16.7. The lowest BCUT2D eigenvalue weighted by Gasteiger charge is -2.69. The number of aliphatic hydroxyl groups excluding tert-OH is 2. The summed E-state index contributed by atoms with van der Waals surface area (Å²) in [6.07, 6.45) is -2.45. The molecule has 0 aromatic heterocycles. The van der Waals surface area contributed by atoms with E-state index in [0.29, 0.717) is 19.3 Å². The first-order chi connectivity index (χ1) is 16.9. The molecule has 10 heteroatoms. The number of aliphatic hydroxyl groups is 2. The highest BCUT2D eigenvalue weighted by Gasteiger charge is 2.86. The topological polar surface area (TPSA) is 133 Å². The van der Waals surface area contributed by atoms with Crippen molar-refractivity contribution in [2.24, 2.45) is 34.5 Å². The van der Waals surface area contributed by atoms with Gasteiger partial charge >= 0.3 is 11.9 Å². The largest absolute Gasteiger partial charge is 0.462 e. The van der Waals surface area contributed by atoms with Gasteiger partial charge in [-0.15, -0.1) is 0 Å². The molecular weight excluding hydrogens is 472 g/mol. The van der Waals surface area contributed by atoms with Crippen molar-refractivity contribution in [3.05, 3.63) is 0 Å². The monoisotopic (exact) mass is 510 g/mol. The van der Waals surface area contributed by atoms with Crippen molar-refractivity contribution < 1.29 is 48.2 Å². The van der Waals surface area contributed by atoms with E-state index in [2.05, 4.69) is 13.8 Å². The Bertz CT molecular complexity index is 920. The number of epoxide rings is 1. The van der Waals surface area contributed by atoms with E-state index in [1.165, 1.54) is 6.92 Å². The minimum atomic E-state index is -1.10. The molecule has 202 valence electrons. The second-order valence-electron chi connectivity index (χ2n) is 12.4. The third-order valence-electron chi connectivity index (χ3n) is 10.4. The predicted molar refractivity (Wildman–Crippen MR) is 121 cm³/mol. The Morgan fingerprint density at radius 3 is 2.36 bits per heavy atom. The molecule has 5 heterocycles. The zero-order valence-corrected chi connectivity index (χ0v) is 21.5. The molecule has 36 heavy (non-hydrogen) atoms. The average Bonchev–Trinajstić information content (AvgIpc) is 3.38. The Balaban J connectivity index is 1.46. The number of fused-ring (bicyclic) bond motifs is 2. The van der Waals surface area contributed by atoms with E-state index in [1.54, 1.807) is 13.8 Å². The van der Waals surface area contributed by atoms with Crippen LogP contribution < -0.4 is 0 Å². The van der Waals surface area contributed by atoms with Crippen LogP contribution >= 0.6 is 0 Å². The van der Waals surface area contributed by atoms with Crippen LogP contribution in [0.4, 0.5) is 0 Å². The van der Waals surface area contributed by atoms with Crippen molar-refractivity contribution in [3.63, 3.8) is 0 Å². The first kappa shape index (κ1) is 25.0. The van der Waals surface area contributed by atoms with Gasteiger partial charge in [0.15, 0.2) is 12.6 Å². The molecule has 0 amide bonds. The van der Waals surface area contributed by atoms with Gasteiger partial charge in [0.1, 0.15) is 23.2 Å². The number of rotatable bonds is 4. The minimum absolute atomic E-state index is 0.0694. The van der Waals surface area contributed by atoms with Gasteiger partial charge in [-0.3, -0.25) is 9.59 Å². The molecular formula is C26H38O10. The van der Waals surface area contributed by atoms with Gasteiger partial charge in [-0.2, -0.15) is 0 Å². The summed E-state index contributed by atoms with van der Waals surface area (Å²) in [6, 6.07) is 0. The number of esters is 2. The van der Waals surface area contributed by atoms with Crippen molar-refractivity contribution in [1.82, 2.24) is 0 Å². The highest BCUT2D eigenvalue weighted by Crippen LogP contribution is 2.74. The van der Waals surface area contributed by atoms with Gasteiger partial charge in [-0.1, -0.05) is 27.7 Å². The molecule has 7 fully saturated rings. The van der Waals surface area contributed by atoms with E-state index in [1.807, 2.05) is 0 Å². The van der Waals surface area contributed by atoms with E-state index in [-0.39, 0.29) is 36.4 Å². The summed E-state index contributed by atoms with van der Waals surface area (Å²) in [6.45, 7) is 9.50. The normalized spacial score (nSPS) is 54.9. The molecule has 7 aliphatic rings. The molecule has 10 nitrogen and oxygen atoms in total. The third-order valence-corrected chi connectivity index (χ3v) is 10.4. The van der Waals surface area contributed by atoms with Crippen molar-refractivity contribution >= 4 is 11.9 Å². The maximum atomic E-state index is 12.9. The standard InChI is InChI=1S/C26H38O10/c1-11(2)21(30)36-23-26-16(9-15(33-23)20(29)25(26)10-31-25)24(5,12(3)6-18(26)32-13(4)27)17-7-14-8-19(28)35-22(14)34-17/h11-12,14-20,22-23,28-29H,6-10H2,1-5H3/t12-,14+,15-,16-,17+,18+,19-,20+,22-,23?,24+,25-,26+/m1/s1. The van der Waals surface area contributed by atoms with Crippen molar-refractivity contribution in [1.29, 1.82) is 0 Å². The number of hydrogen-bond acceptors (Lipinski definition) is 10. The van der Waals surface area contributed by atoms with Gasteiger partial charge in [0.25, 0.3) is 0 Å². The molecule has 2 N–H and O–H groups in total. The van der Waals surface area contributed by atoms with E-state index in [9.17, 15) is 19.8 Å². The lowest BCUT2D eigenvalue weighted by Crippen LogP contribution is -2.80. The van der Waals surface area contributed by atoms with Crippen molar-refractivity contribution in [2.45, 2.75) is 109 Å². The molecule has 0 aromatic carbocycles. The van der Waals surface area contributed by atoms with Gasteiger partial charge in [0.2, 0.25) is 6.29 Å². The van der Waals surface area contributed by atoms with Gasteiger partial charge in [0.05, 0.1) is 24.7 Å². The van der Waals surface area contributed by atoms with Crippen LogP contribution in [-0.2, 0) is 38.0 Å².